The predicted octanol–water partition coefficient (Wildman–Crippen LogP) is 1.70. The van der Waals surface area contributed by atoms with E-state index >= 15 is 0 Å². The molecule has 6 heteroatoms. The Kier molecular flexibility index (Phi) is 7.53. The van der Waals surface area contributed by atoms with Gasteiger partial charge in [-0.05, 0) is 37.6 Å². The van der Waals surface area contributed by atoms with Crippen LogP contribution in [0.1, 0.15) is 13.3 Å². The number of amides is 1. The number of carbonyl (C=O) groups excluding carboxylic acids is 2. The van der Waals surface area contributed by atoms with Gasteiger partial charge in [0, 0.05) is 12.6 Å². The lowest BCUT2D eigenvalue weighted by Crippen LogP contribution is -2.36. The lowest BCUT2D eigenvalue weighted by atomic mass is 10.3. The fraction of sp³-hybridized carbons (Fsp3) is 0.375. The summed E-state index contributed by atoms with van der Waals surface area (Å²) >= 11 is 0. The standard InChI is InChI=1S/C16H21NO5/c1-12(22-14-9-7-13(20-2)8-10-14)16(19)17-11-5-4-6-15(18)21-3/h4,6-10,12H,5,11H2,1-3H3,(H,17,19)/b6-4+. The molecule has 1 unspecified atom stereocenters. The highest BCUT2D eigenvalue weighted by Gasteiger charge is 2.13. The second-order valence-electron chi connectivity index (χ2n) is 4.44. The average molecular weight is 307 g/mol. The van der Waals surface area contributed by atoms with E-state index in [-0.39, 0.29) is 5.91 Å². The topological polar surface area (TPSA) is 73.9 Å². The summed E-state index contributed by atoms with van der Waals surface area (Å²) in [4.78, 5) is 22.7. The summed E-state index contributed by atoms with van der Waals surface area (Å²) in [6.07, 6.45) is 2.89. The fourth-order valence-corrected chi connectivity index (χ4v) is 1.58. The van der Waals surface area contributed by atoms with Crippen LogP contribution in [0.25, 0.3) is 0 Å². The second-order valence-corrected chi connectivity index (χ2v) is 4.44. The van der Waals surface area contributed by atoms with Crippen LogP contribution in [0.4, 0.5) is 0 Å². The van der Waals surface area contributed by atoms with Crippen LogP contribution in [-0.2, 0) is 14.3 Å². The van der Waals surface area contributed by atoms with E-state index in [2.05, 4.69) is 10.1 Å². The minimum absolute atomic E-state index is 0.220. The molecule has 0 aromatic heterocycles. The Morgan fingerprint density at radius 3 is 2.41 bits per heavy atom. The molecule has 0 bridgehead atoms. The third kappa shape index (κ3) is 6.30. The Morgan fingerprint density at radius 2 is 1.82 bits per heavy atom. The Labute approximate surface area is 130 Å². The maximum atomic E-state index is 11.8. The van der Waals surface area contributed by atoms with E-state index < -0.39 is 12.1 Å². The molecule has 0 fully saturated rings. The normalized spacial score (nSPS) is 11.8. The van der Waals surface area contributed by atoms with Gasteiger partial charge in [-0.3, -0.25) is 4.79 Å². The molecule has 0 saturated carbocycles. The van der Waals surface area contributed by atoms with Crippen LogP contribution in [-0.4, -0.2) is 38.7 Å². The van der Waals surface area contributed by atoms with E-state index in [1.807, 2.05) is 0 Å². The van der Waals surface area contributed by atoms with Gasteiger partial charge in [0.15, 0.2) is 6.10 Å². The van der Waals surface area contributed by atoms with Crippen LogP contribution < -0.4 is 14.8 Å². The van der Waals surface area contributed by atoms with Crippen LogP contribution in [0.2, 0.25) is 0 Å². The lowest BCUT2D eigenvalue weighted by Gasteiger charge is -2.14. The van der Waals surface area contributed by atoms with Gasteiger partial charge in [-0.2, -0.15) is 0 Å². The predicted molar refractivity (Wildman–Crippen MR) is 81.9 cm³/mol. The molecule has 0 aliphatic heterocycles. The summed E-state index contributed by atoms with van der Waals surface area (Å²) < 4.78 is 15.0. The van der Waals surface area contributed by atoms with Crippen LogP contribution in [0, 0.1) is 0 Å². The summed E-state index contributed by atoms with van der Waals surface area (Å²) in [5.74, 6) is 0.681. The number of esters is 1. The van der Waals surface area contributed by atoms with E-state index in [0.29, 0.717) is 18.7 Å². The summed E-state index contributed by atoms with van der Waals surface area (Å²) in [5.41, 5.74) is 0. The van der Waals surface area contributed by atoms with Crippen LogP contribution in [0.5, 0.6) is 11.5 Å². The van der Waals surface area contributed by atoms with Gasteiger partial charge in [-0.25, -0.2) is 4.79 Å². The molecule has 0 heterocycles. The zero-order valence-electron chi connectivity index (χ0n) is 13.0. The largest absolute Gasteiger partial charge is 0.497 e. The Hall–Kier alpha value is -2.50. The van der Waals surface area contributed by atoms with Gasteiger partial charge in [0.2, 0.25) is 0 Å². The minimum Gasteiger partial charge on any atom is -0.497 e. The van der Waals surface area contributed by atoms with E-state index in [9.17, 15) is 9.59 Å². The molecular weight excluding hydrogens is 286 g/mol. The molecule has 6 nitrogen and oxygen atoms in total. The van der Waals surface area contributed by atoms with Gasteiger partial charge in [0.25, 0.3) is 5.91 Å². The molecule has 0 saturated heterocycles. The van der Waals surface area contributed by atoms with Crippen molar-refractivity contribution in [3.8, 4) is 11.5 Å². The summed E-state index contributed by atoms with van der Waals surface area (Å²) in [6, 6.07) is 7.00. The van der Waals surface area contributed by atoms with E-state index in [0.717, 1.165) is 5.75 Å². The summed E-state index contributed by atoms with van der Waals surface area (Å²) in [6.45, 7) is 2.09. The van der Waals surface area contributed by atoms with Gasteiger partial charge in [-0.15, -0.1) is 0 Å². The SMILES string of the molecule is COC(=O)/C=C/CCNC(=O)C(C)Oc1ccc(OC)cc1. The van der Waals surface area contributed by atoms with Gasteiger partial charge >= 0.3 is 5.97 Å². The molecule has 1 N–H and O–H groups in total. The number of hydrogen-bond acceptors (Lipinski definition) is 5. The molecule has 0 radical (unpaired) electrons. The van der Waals surface area contributed by atoms with Crippen molar-refractivity contribution in [2.24, 2.45) is 0 Å². The maximum Gasteiger partial charge on any atom is 0.330 e. The lowest BCUT2D eigenvalue weighted by molar-refractivity contribution is -0.134. The van der Waals surface area contributed by atoms with E-state index in [1.54, 1.807) is 44.4 Å². The molecule has 1 amide bonds. The third-order valence-electron chi connectivity index (χ3n) is 2.81. The monoisotopic (exact) mass is 307 g/mol. The molecule has 1 aromatic carbocycles. The molecule has 120 valence electrons. The van der Waals surface area contributed by atoms with Crippen molar-refractivity contribution in [1.29, 1.82) is 0 Å². The van der Waals surface area contributed by atoms with Gasteiger partial charge in [0.1, 0.15) is 11.5 Å². The number of methoxy groups -OCH3 is 2. The molecule has 1 atom stereocenters. The summed E-state index contributed by atoms with van der Waals surface area (Å²) in [7, 11) is 2.90. The Bertz CT molecular complexity index is 510. The van der Waals surface area contributed by atoms with Gasteiger partial charge in [-0.1, -0.05) is 6.08 Å². The number of ether oxygens (including phenoxy) is 3. The van der Waals surface area contributed by atoms with Crippen molar-refractivity contribution in [2.45, 2.75) is 19.4 Å². The molecular formula is C16H21NO5. The van der Waals surface area contributed by atoms with Crippen LogP contribution >= 0.6 is 0 Å². The highest BCUT2D eigenvalue weighted by molar-refractivity contribution is 5.82. The maximum absolute atomic E-state index is 11.8. The molecule has 0 aliphatic carbocycles. The van der Waals surface area contributed by atoms with E-state index in [1.165, 1.54) is 13.2 Å². The third-order valence-corrected chi connectivity index (χ3v) is 2.81. The Morgan fingerprint density at radius 1 is 1.18 bits per heavy atom. The highest BCUT2D eigenvalue weighted by atomic mass is 16.5. The Balaban J connectivity index is 2.32. The van der Waals surface area contributed by atoms with Crippen molar-refractivity contribution in [3.63, 3.8) is 0 Å². The number of carbonyl (C=O) groups is 2. The molecule has 0 spiro atoms. The average Bonchev–Trinajstić information content (AvgIpc) is 2.54. The fourth-order valence-electron chi connectivity index (χ4n) is 1.58. The zero-order valence-corrected chi connectivity index (χ0v) is 13.0. The highest BCUT2D eigenvalue weighted by Crippen LogP contribution is 2.18. The number of benzene rings is 1. The quantitative estimate of drug-likeness (QED) is 0.449. The molecule has 22 heavy (non-hydrogen) atoms. The van der Waals surface area contributed by atoms with Crippen molar-refractivity contribution < 1.29 is 23.8 Å². The first-order valence-electron chi connectivity index (χ1n) is 6.89. The minimum atomic E-state index is -0.613. The van der Waals surface area contributed by atoms with E-state index in [4.69, 9.17) is 9.47 Å². The number of rotatable bonds is 8. The second kappa shape index (κ2) is 9.44. The smallest absolute Gasteiger partial charge is 0.330 e. The number of hydrogen-bond donors (Lipinski definition) is 1. The van der Waals surface area contributed by atoms with Crippen LogP contribution in [0.3, 0.4) is 0 Å². The van der Waals surface area contributed by atoms with Gasteiger partial charge < -0.3 is 19.5 Å². The molecule has 1 aromatic rings. The first-order valence-corrected chi connectivity index (χ1v) is 6.89. The molecule has 0 aliphatic rings. The first-order chi connectivity index (χ1) is 10.6. The van der Waals surface area contributed by atoms with Crippen molar-refractivity contribution in [1.82, 2.24) is 5.32 Å². The first kappa shape index (κ1) is 17.6. The molecule has 1 rings (SSSR count). The zero-order chi connectivity index (χ0) is 16.4. The van der Waals surface area contributed by atoms with Crippen molar-refractivity contribution in [3.05, 3.63) is 36.4 Å². The number of nitrogens with one attached hydrogen (secondary N) is 1. The van der Waals surface area contributed by atoms with Gasteiger partial charge in [0.05, 0.1) is 14.2 Å². The summed E-state index contributed by atoms with van der Waals surface area (Å²) in [5, 5.41) is 2.72. The van der Waals surface area contributed by atoms with Crippen molar-refractivity contribution in [2.75, 3.05) is 20.8 Å². The van der Waals surface area contributed by atoms with Crippen LogP contribution in [0.15, 0.2) is 36.4 Å². The van der Waals surface area contributed by atoms with Crippen molar-refractivity contribution >= 4 is 11.9 Å².